The standard InChI is InChI=1S/C24H23F2N3O3S/c25-19-11-12-21(26)22(17-19)33(31,32)29-15-13-28(14-16-29)23(18-7-3-1-4-8-18)24(30)27-20-9-5-2-6-10-20/h1-12,17,23H,13-16H2,(H,27,30). The fourth-order valence-electron chi connectivity index (χ4n) is 3.91. The van der Waals surface area contributed by atoms with Gasteiger partial charge in [-0.25, -0.2) is 17.2 Å². The predicted molar refractivity (Wildman–Crippen MR) is 121 cm³/mol. The summed E-state index contributed by atoms with van der Waals surface area (Å²) in [6.07, 6.45) is 0. The van der Waals surface area contributed by atoms with Crippen molar-refractivity contribution >= 4 is 21.6 Å². The van der Waals surface area contributed by atoms with E-state index >= 15 is 0 Å². The summed E-state index contributed by atoms with van der Waals surface area (Å²) in [5.41, 5.74) is 1.43. The largest absolute Gasteiger partial charge is 0.324 e. The monoisotopic (exact) mass is 471 g/mol. The molecule has 1 heterocycles. The van der Waals surface area contributed by atoms with Crippen LogP contribution in [0, 0.1) is 11.6 Å². The van der Waals surface area contributed by atoms with Gasteiger partial charge in [-0.2, -0.15) is 4.31 Å². The molecule has 1 unspecified atom stereocenters. The minimum atomic E-state index is -4.21. The average Bonchev–Trinajstić information content (AvgIpc) is 2.82. The number of halogens is 2. The van der Waals surface area contributed by atoms with Crippen molar-refractivity contribution in [3.05, 3.63) is 96.1 Å². The summed E-state index contributed by atoms with van der Waals surface area (Å²) in [5.74, 6) is -2.06. The molecule has 1 N–H and O–H groups in total. The molecule has 1 amide bonds. The van der Waals surface area contributed by atoms with Crippen LogP contribution in [0.1, 0.15) is 11.6 Å². The number of nitrogens with zero attached hydrogens (tertiary/aromatic N) is 2. The number of hydrogen-bond donors (Lipinski definition) is 1. The number of amides is 1. The maximum atomic E-state index is 14.1. The second-order valence-corrected chi connectivity index (χ2v) is 9.59. The van der Waals surface area contributed by atoms with Crippen molar-refractivity contribution in [2.45, 2.75) is 10.9 Å². The Morgan fingerprint density at radius 2 is 1.45 bits per heavy atom. The average molecular weight is 472 g/mol. The highest BCUT2D eigenvalue weighted by Gasteiger charge is 2.35. The van der Waals surface area contributed by atoms with Gasteiger partial charge >= 0.3 is 0 Å². The Morgan fingerprint density at radius 3 is 2.09 bits per heavy atom. The summed E-state index contributed by atoms with van der Waals surface area (Å²) in [6, 6.07) is 20.0. The molecule has 0 radical (unpaired) electrons. The van der Waals surface area contributed by atoms with Crippen molar-refractivity contribution in [3.8, 4) is 0 Å². The summed E-state index contributed by atoms with van der Waals surface area (Å²) in [6.45, 7) is 0.580. The van der Waals surface area contributed by atoms with Gasteiger partial charge < -0.3 is 5.32 Å². The lowest BCUT2D eigenvalue weighted by Crippen LogP contribution is -2.51. The Balaban J connectivity index is 1.54. The van der Waals surface area contributed by atoms with Crippen molar-refractivity contribution in [2.24, 2.45) is 0 Å². The topological polar surface area (TPSA) is 69.7 Å². The van der Waals surface area contributed by atoms with Crippen molar-refractivity contribution < 1.29 is 22.0 Å². The van der Waals surface area contributed by atoms with E-state index in [0.29, 0.717) is 11.8 Å². The van der Waals surface area contributed by atoms with E-state index in [1.807, 2.05) is 53.4 Å². The summed E-state index contributed by atoms with van der Waals surface area (Å²) < 4.78 is 54.6. The van der Waals surface area contributed by atoms with E-state index in [4.69, 9.17) is 0 Å². The molecular weight excluding hydrogens is 448 g/mol. The van der Waals surface area contributed by atoms with Crippen LogP contribution >= 0.6 is 0 Å². The normalized spacial score (nSPS) is 16.3. The molecule has 4 rings (SSSR count). The van der Waals surface area contributed by atoms with E-state index in [1.165, 1.54) is 0 Å². The Labute approximate surface area is 191 Å². The van der Waals surface area contributed by atoms with Crippen LogP contribution in [0.4, 0.5) is 14.5 Å². The second kappa shape index (κ2) is 9.78. The van der Waals surface area contributed by atoms with Gasteiger partial charge in [-0.15, -0.1) is 0 Å². The molecule has 1 aliphatic heterocycles. The third kappa shape index (κ3) is 5.11. The predicted octanol–water partition coefficient (Wildman–Crippen LogP) is 3.65. The molecule has 0 bridgehead atoms. The molecule has 0 saturated carbocycles. The SMILES string of the molecule is O=C(Nc1ccccc1)C(c1ccccc1)N1CCN(S(=O)(=O)c2cc(F)ccc2F)CC1. The molecule has 6 nitrogen and oxygen atoms in total. The Morgan fingerprint density at radius 1 is 0.848 bits per heavy atom. The van der Waals surface area contributed by atoms with Gasteiger partial charge in [0, 0.05) is 31.9 Å². The number of carbonyl (C=O) groups excluding carboxylic acids is 1. The highest BCUT2D eigenvalue weighted by Crippen LogP contribution is 2.27. The van der Waals surface area contributed by atoms with Crippen LogP contribution in [0.15, 0.2) is 83.8 Å². The first kappa shape index (κ1) is 23.0. The van der Waals surface area contributed by atoms with E-state index in [9.17, 15) is 22.0 Å². The Kier molecular flexibility index (Phi) is 6.83. The highest BCUT2D eigenvalue weighted by molar-refractivity contribution is 7.89. The number of nitrogens with one attached hydrogen (secondary N) is 1. The minimum Gasteiger partial charge on any atom is -0.324 e. The Bertz CT molecular complexity index is 1220. The van der Waals surface area contributed by atoms with Gasteiger partial charge in [-0.1, -0.05) is 48.5 Å². The van der Waals surface area contributed by atoms with Crippen molar-refractivity contribution in [2.75, 3.05) is 31.5 Å². The van der Waals surface area contributed by atoms with Crippen LogP contribution in [0.3, 0.4) is 0 Å². The van der Waals surface area contributed by atoms with Gasteiger partial charge in [0.25, 0.3) is 0 Å². The zero-order valence-electron chi connectivity index (χ0n) is 17.7. The number of piperazine rings is 1. The van der Waals surface area contributed by atoms with E-state index in [2.05, 4.69) is 5.32 Å². The molecule has 3 aromatic carbocycles. The molecule has 172 valence electrons. The van der Waals surface area contributed by atoms with Crippen LogP contribution in [0.2, 0.25) is 0 Å². The molecule has 1 aliphatic rings. The van der Waals surface area contributed by atoms with E-state index in [0.717, 1.165) is 22.0 Å². The van der Waals surface area contributed by atoms with Gasteiger partial charge in [0.1, 0.15) is 22.6 Å². The first-order valence-electron chi connectivity index (χ1n) is 10.5. The lowest BCUT2D eigenvalue weighted by atomic mass is 10.0. The first-order valence-corrected chi connectivity index (χ1v) is 11.9. The zero-order chi connectivity index (χ0) is 23.4. The first-order chi connectivity index (χ1) is 15.9. The lowest BCUT2D eigenvalue weighted by molar-refractivity contribution is -0.122. The third-order valence-electron chi connectivity index (χ3n) is 5.55. The quantitative estimate of drug-likeness (QED) is 0.596. The maximum absolute atomic E-state index is 14.1. The summed E-state index contributed by atoms with van der Waals surface area (Å²) in [7, 11) is -4.21. The molecule has 0 spiro atoms. The van der Waals surface area contributed by atoms with Crippen LogP contribution in [-0.4, -0.2) is 49.7 Å². The molecule has 1 fully saturated rings. The van der Waals surface area contributed by atoms with Gasteiger partial charge in [-0.3, -0.25) is 9.69 Å². The molecular formula is C24H23F2N3O3S. The molecule has 3 aromatic rings. The van der Waals surface area contributed by atoms with Crippen molar-refractivity contribution in [1.29, 1.82) is 0 Å². The molecule has 9 heteroatoms. The number of anilines is 1. The fourth-order valence-corrected chi connectivity index (χ4v) is 5.41. The number of carbonyl (C=O) groups is 1. The number of hydrogen-bond acceptors (Lipinski definition) is 4. The lowest BCUT2D eigenvalue weighted by Gasteiger charge is -2.38. The number of rotatable bonds is 6. The minimum absolute atomic E-state index is 0.0419. The molecule has 0 aliphatic carbocycles. The van der Waals surface area contributed by atoms with Crippen LogP contribution in [-0.2, 0) is 14.8 Å². The number of sulfonamides is 1. The summed E-state index contributed by atoms with van der Waals surface area (Å²) in [5, 5.41) is 2.92. The smallest absolute Gasteiger partial charge is 0.246 e. The second-order valence-electron chi connectivity index (χ2n) is 7.68. The fraction of sp³-hybridized carbons (Fsp3) is 0.208. The van der Waals surface area contributed by atoms with Gasteiger partial charge in [-0.05, 0) is 35.9 Å². The van der Waals surface area contributed by atoms with E-state index in [1.54, 1.807) is 12.1 Å². The molecule has 0 aromatic heterocycles. The number of para-hydroxylation sites is 1. The summed E-state index contributed by atoms with van der Waals surface area (Å²) in [4.78, 5) is 14.4. The van der Waals surface area contributed by atoms with Crippen LogP contribution < -0.4 is 5.32 Å². The number of benzene rings is 3. The Hall–Kier alpha value is -3.14. The van der Waals surface area contributed by atoms with E-state index in [-0.39, 0.29) is 32.1 Å². The zero-order valence-corrected chi connectivity index (χ0v) is 18.5. The molecule has 1 atom stereocenters. The van der Waals surface area contributed by atoms with Crippen LogP contribution in [0.25, 0.3) is 0 Å². The van der Waals surface area contributed by atoms with Gasteiger partial charge in [0.15, 0.2) is 0 Å². The van der Waals surface area contributed by atoms with Crippen molar-refractivity contribution in [1.82, 2.24) is 9.21 Å². The van der Waals surface area contributed by atoms with Gasteiger partial charge in [0.2, 0.25) is 15.9 Å². The van der Waals surface area contributed by atoms with Crippen LogP contribution in [0.5, 0.6) is 0 Å². The molecule has 33 heavy (non-hydrogen) atoms. The van der Waals surface area contributed by atoms with E-state index < -0.39 is 32.6 Å². The van der Waals surface area contributed by atoms with Crippen molar-refractivity contribution in [3.63, 3.8) is 0 Å². The maximum Gasteiger partial charge on any atom is 0.246 e. The van der Waals surface area contributed by atoms with Gasteiger partial charge in [0.05, 0.1) is 0 Å². The molecule has 1 saturated heterocycles. The highest BCUT2D eigenvalue weighted by atomic mass is 32.2. The summed E-state index contributed by atoms with van der Waals surface area (Å²) >= 11 is 0. The third-order valence-corrected chi connectivity index (χ3v) is 7.47.